The monoisotopic (exact) mass is 392 g/mol. The number of amides is 1. The van der Waals surface area contributed by atoms with Crippen LogP contribution in [0, 0.1) is 5.92 Å². The number of hydrogen-bond donors (Lipinski definition) is 1. The molecule has 1 aromatic carbocycles. The maximum Gasteiger partial charge on any atom is 0.308 e. The van der Waals surface area contributed by atoms with Gasteiger partial charge in [0.15, 0.2) is 11.5 Å². The van der Waals surface area contributed by atoms with E-state index in [0.29, 0.717) is 38.5 Å². The van der Waals surface area contributed by atoms with E-state index in [1.165, 1.54) is 0 Å². The highest BCUT2D eigenvalue weighted by atomic mass is 16.5. The van der Waals surface area contributed by atoms with Gasteiger partial charge in [0.25, 0.3) is 0 Å². The Bertz CT molecular complexity index is 660. The first kappa shape index (κ1) is 22.0. The lowest BCUT2D eigenvalue weighted by molar-refractivity contribution is -0.141. The summed E-state index contributed by atoms with van der Waals surface area (Å²) in [6.07, 6.45) is 0.747. The molecule has 156 valence electrons. The lowest BCUT2D eigenvalue weighted by atomic mass is 10.1. The fraction of sp³-hybridized carbons (Fsp3) is 0.619. The maximum absolute atomic E-state index is 12.0. The highest BCUT2D eigenvalue weighted by Crippen LogP contribution is 2.29. The zero-order valence-corrected chi connectivity index (χ0v) is 17.1. The molecule has 1 aliphatic rings. The van der Waals surface area contributed by atoms with Crippen molar-refractivity contribution in [2.75, 3.05) is 45.9 Å². The lowest BCUT2D eigenvalue weighted by Gasteiger charge is -2.19. The number of benzene rings is 1. The standard InChI is InChI=1S/C21H32N2O5/c1-4-22(5-2)11-12-28-18-8-7-16(13-19(18)27-6-3)9-10-23-15-17(21(25)26)14-20(23)24/h7-8,13,17H,4-6,9-12,14-15H2,1-3H3,(H,25,26). The van der Waals surface area contributed by atoms with Crippen molar-refractivity contribution >= 4 is 11.9 Å². The second-order valence-electron chi connectivity index (χ2n) is 6.92. The van der Waals surface area contributed by atoms with E-state index in [1.807, 2.05) is 25.1 Å². The van der Waals surface area contributed by atoms with E-state index in [0.717, 1.165) is 30.9 Å². The summed E-state index contributed by atoms with van der Waals surface area (Å²) in [6.45, 7) is 11.0. The first-order chi connectivity index (χ1) is 13.5. The molecule has 1 saturated heterocycles. The average molecular weight is 392 g/mol. The van der Waals surface area contributed by atoms with Gasteiger partial charge < -0.3 is 24.4 Å². The highest BCUT2D eigenvalue weighted by Gasteiger charge is 2.33. The number of carbonyl (C=O) groups excluding carboxylic acids is 1. The van der Waals surface area contributed by atoms with Gasteiger partial charge in [-0.1, -0.05) is 19.9 Å². The Labute approximate surface area is 167 Å². The fourth-order valence-electron chi connectivity index (χ4n) is 3.34. The minimum absolute atomic E-state index is 0.0891. The second kappa shape index (κ2) is 10.9. The number of likely N-dealkylation sites (tertiary alicyclic amines) is 1. The van der Waals surface area contributed by atoms with Gasteiger partial charge in [0.05, 0.1) is 12.5 Å². The molecule has 7 nitrogen and oxygen atoms in total. The molecule has 0 spiro atoms. The summed E-state index contributed by atoms with van der Waals surface area (Å²) in [4.78, 5) is 27.0. The third-order valence-electron chi connectivity index (χ3n) is 5.10. The first-order valence-corrected chi connectivity index (χ1v) is 10.1. The van der Waals surface area contributed by atoms with Gasteiger partial charge >= 0.3 is 5.97 Å². The number of ether oxygens (including phenoxy) is 2. The summed E-state index contributed by atoms with van der Waals surface area (Å²) in [5.41, 5.74) is 1.03. The number of likely N-dealkylation sites (N-methyl/N-ethyl adjacent to an activating group) is 1. The quantitative estimate of drug-likeness (QED) is 0.588. The van der Waals surface area contributed by atoms with Crippen LogP contribution in [-0.4, -0.2) is 72.7 Å². The molecule has 0 bridgehead atoms. The van der Waals surface area contributed by atoms with Crippen molar-refractivity contribution in [3.63, 3.8) is 0 Å². The predicted octanol–water partition coefficient (Wildman–Crippen LogP) is 2.28. The second-order valence-corrected chi connectivity index (χ2v) is 6.92. The van der Waals surface area contributed by atoms with Gasteiger partial charge in [0.1, 0.15) is 6.61 Å². The minimum Gasteiger partial charge on any atom is -0.490 e. The fourth-order valence-corrected chi connectivity index (χ4v) is 3.34. The molecule has 1 atom stereocenters. The molecule has 1 N–H and O–H groups in total. The van der Waals surface area contributed by atoms with E-state index in [-0.39, 0.29) is 12.3 Å². The molecule has 0 aliphatic carbocycles. The van der Waals surface area contributed by atoms with E-state index in [2.05, 4.69) is 18.7 Å². The molecule has 1 aromatic rings. The molecule has 1 amide bonds. The Kier molecular flexibility index (Phi) is 8.57. The Morgan fingerprint density at radius 2 is 1.96 bits per heavy atom. The van der Waals surface area contributed by atoms with Crippen LogP contribution in [0.4, 0.5) is 0 Å². The Balaban J connectivity index is 1.94. The van der Waals surface area contributed by atoms with Gasteiger partial charge in [-0.3, -0.25) is 9.59 Å². The third kappa shape index (κ3) is 6.12. The van der Waals surface area contributed by atoms with Crippen LogP contribution in [0.2, 0.25) is 0 Å². The predicted molar refractivity (Wildman–Crippen MR) is 107 cm³/mol. The van der Waals surface area contributed by atoms with Crippen molar-refractivity contribution < 1.29 is 24.2 Å². The topological polar surface area (TPSA) is 79.3 Å². The van der Waals surface area contributed by atoms with Crippen LogP contribution in [0.3, 0.4) is 0 Å². The summed E-state index contributed by atoms with van der Waals surface area (Å²) in [7, 11) is 0. The lowest BCUT2D eigenvalue weighted by Crippen LogP contribution is -2.28. The molecule has 1 aliphatic heterocycles. The van der Waals surface area contributed by atoms with Gasteiger partial charge in [0.2, 0.25) is 5.91 Å². The van der Waals surface area contributed by atoms with Crippen LogP contribution < -0.4 is 9.47 Å². The molecule has 1 heterocycles. The Hall–Kier alpha value is -2.28. The highest BCUT2D eigenvalue weighted by molar-refractivity contribution is 5.86. The molecular weight excluding hydrogens is 360 g/mol. The van der Waals surface area contributed by atoms with Gasteiger partial charge in [-0.15, -0.1) is 0 Å². The van der Waals surface area contributed by atoms with E-state index >= 15 is 0 Å². The smallest absolute Gasteiger partial charge is 0.308 e. The molecule has 1 fully saturated rings. The van der Waals surface area contributed by atoms with Crippen molar-refractivity contribution in [3.05, 3.63) is 23.8 Å². The Morgan fingerprint density at radius 3 is 2.57 bits per heavy atom. The summed E-state index contributed by atoms with van der Waals surface area (Å²) in [5.74, 6) is -0.154. The number of carboxylic acids is 1. The van der Waals surface area contributed by atoms with E-state index < -0.39 is 11.9 Å². The van der Waals surface area contributed by atoms with Crippen molar-refractivity contribution in [2.45, 2.75) is 33.6 Å². The van der Waals surface area contributed by atoms with Crippen molar-refractivity contribution in [1.29, 1.82) is 0 Å². The van der Waals surface area contributed by atoms with Crippen molar-refractivity contribution in [2.24, 2.45) is 5.92 Å². The molecule has 0 saturated carbocycles. The molecule has 1 unspecified atom stereocenters. The van der Waals surface area contributed by atoms with Crippen LogP contribution in [0.25, 0.3) is 0 Å². The van der Waals surface area contributed by atoms with Gasteiger partial charge in [-0.05, 0) is 44.1 Å². The van der Waals surface area contributed by atoms with Crippen LogP contribution >= 0.6 is 0 Å². The number of carbonyl (C=O) groups is 2. The average Bonchev–Trinajstić information content (AvgIpc) is 3.06. The normalized spacial score (nSPS) is 16.6. The summed E-state index contributed by atoms with van der Waals surface area (Å²) < 4.78 is 11.7. The van der Waals surface area contributed by atoms with E-state index in [1.54, 1.807) is 4.90 Å². The summed E-state index contributed by atoms with van der Waals surface area (Å²) in [6, 6.07) is 5.84. The van der Waals surface area contributed by atoms with E-state index in [4.69, 9.17) is 14.6 Å². The van der Waals surface area contributed by atoms with Gasteiger partial charge in [0, 0.05) is 26.1 Å². The van der Waals surface area contributed by atoms with Crippen LogP contribution in [-0.2, 0) is 16.0 Å². The molecule has 7 heteroatoms. The van der Waals surface area contributed by atoms with Crippen LogP contribution in [0.15, 0.2) is 18.2 Å². The maximum atomic E-state index is 12.0. The van der Waals surface area contributed by atoms with Crippen molar-refractivity contribution in [1.82, 2.24) is 9.80 Å². The number of nitrogens with zero attached hydrogens (tertiary/aromatic N) is 2. The molecular formula is C21H32N2O5. The largest absolute Gasteiger partial charge is 0.490 e. The first-order valence-electron chi connectivity index (χ1n) is 10.1. The van der Waals surface area contributed by atoms with Crippen LogP contribution in [0.1, 0.15) is 32.8 Å². The zero-order chi connectivity index (χ0) is 20.5. The van der Waals surface area contributed by atoms with Gasteiger partial charge in [-0.25, -0.2) is 0 Å². The molecule has 0 aromatic heterocycles. The number of carboxylic acid groups (broad SMARTS) is 1. The third-order valence-corrected chi connectivity index (χ3v) is 5.10. The zero-order valence-electron chi connectivity index (χ0n) is 17.1. The number of aliphatic carboxylic acids is 1. The SMILES string of the molecule is CCOc1cc(CCN2CC(C(=O)O)CC2=O)ccc1OCCN(CC)CC. The van der Waals surface area contributed by atoms with Gasteiger partial charge in [-0.2, -0.15) is 0 Å². The number of hydrogen-bond acceptors (Lipinski definition) is 5. The van der Waals surface area contributed by atoms with Crippen LogP contribution in [0.5, 0.6) is 11.5 Å². The van der Waals surface area contributed by atoms with Crippen molar-refractivity contribution in [3.8, 4) is 11.5 Å². The molecule has 28 heavy (non-hydrogen) atoms. The van der Waals surface area contributed by atoms with E-state index in [9.17, 15) is 9.59 Å². The molecule has 0 radical (unpaired) electrons. The summed E-state index contributed by atoms with van der Waals surface area (Å²) >= 11 is 0. The number of rotatable bonds is 12. The Morgan fingerprint density at radius 1 is 1.21 bits per heavy atom. The summed E-state index contributed by atoms with van der Waals surface area (Å²) in [5, 5.41) is 9.08. The minimum atomic E-state index is -0.902. The molecule has 2 rings (SSSR count).